The molecule has 0 saturated heterocycles. The van der Waals surface area contributed by atoms with Gasteiger partial charge < -0.3 is 10.5 Å². The van der Waals surface area contributed by atoms with Crippen molar-refractivity contribution in [3.05, 3.63) is 26.7 Å². The Hall–Kier alpha value is -0.150. The highest BCUT2D eigenvalue weighted by Crippen LogP contribution is 2.44. The van der Waals surface area contributed by atoms with Crippen LogP contribution in [0.5, 0.6) is 5.75 Å². The monoisotopic (exact) mass is 251 g/mol. The van der Waals surface area contributed by atoms with E-state index in [0.717, 1.165) is 12.0 Å². The molecule has 0 saturated carbocycles. The highest BCUT2D eigenvalue weighted by molar-refractivity contribution is 6.44. The zero-order valence-electron chi connectivity index (χ0n) is 7.19. The zero-order valence-corrected chi connectivity index (χ0v) is 9.46. The second kappa shape index (κ2) is 3.78. The number of fused-ring (bicyclic) bond motifs is 1. The summed E-state index contributed by atoms with van der Waals surface area (Å²) in [7, 11) is 0. The number of hydrogen-bond donors (Lipinski definition) is 1. The first kappa shape index (κ1) is 10.4. The summed E-state index contributed by atoms with van der Waals surface area (Å²) in [4.78, 5) is 0. The molecule has 0 bridgehead atoms. The van der Waals surface area contributed by atoms with Gasteiger partial charge in [0, 0.05) is 18.0 Å². The molecule has 0 amide bonds. The van der Waals surface area contributed by atoms with E-state index in [1.54, 1.807) is 6.07 Å². The van der Waals surface area contributed by atoms with E-state index in [4.69, 9.17) is 45.3 Å². The fourth-order valence-electron chi connectivity index (χ4n) is 1.51. The lowest BCUT2D eigenvalue weighted by Crippen LogP contribution is -2.21. The summed E-state index contributed by atoms with van der Waals surface area (Å²) in [5.41, 5.74) is 6.62. The van der Waals surface area contributed by atoms with Crippen molar-refractivity contribution in [3.8, 4) is 5.75 Å². The van der Waals surface area contributed by atoms with E-state index in [2.05, 4.69) is 0 Å². The van der Waals surface area contributed by atoms with Crippen LogP contribution in [0.2, 0.25) is 15.1 Å². The van der Waals surface area contributed by atoms with Gasteiger partial charge in [-0.1, -0.05) is 34.8 Å². The Morgan fingerprint density at radius 2 is 2.00 bits per heavy atom. The second-order valence-electron chi connectivity index (χ2n) is 3.14. The van der Waals surface area contributed by atoms with Crippen molar-refractivity contribution < 1.29 is 4.74 Å². The predicted molar refractivity (Wildman–Crippen MR) is 58.5 cm³/mol. The van der Waals surface area contributed by atoms with E-state index in [1.807, 2.05) is 0 Å². The minimum Gasteiger partial charge on any atom is -0.492 e. The molecule has 5 heteroatoms. The van der Waals surface area contributed by atoms with Gasteiger partial charge in [0.25, 0.3) is 0 Å². The smallest absolute Gasteiger partial charge is 0.144 e. The van der Waals surface area contributed by atoms with E-state index in [1.165, 1.54) is 0 Å². The number of ether oxygens (including phenoxy) is 1. The lowest BCUT2D eigenvalue weighted by atomic mass is 10.0. The molecule has 2 rings (SSSR count). The van der Waals surface area contributed by atoms with Crippen molar-refractivity contribution in [1.82, 2.24) is 0 Å². The fourth-order valence-corrected chi connectivity index (χ4v) is 2.32. The van der Waals surface area contributed by atoms with Gasteiger partial charge in [-0.15, -0.1) is 0 Å². The molecule has 1 aromatic carbocycles. The van der Waals surface area contributed by atoms with Crippen LogP contribution in [-0.2, 0) is 0 Å². The summed E-state index contributed by atoms with van der Waals surface area (Å²) < 4.78 is 5.41. The first-order chi connectivity index (χ1) is 6.61. The Morgan fingerprint density at radius 3 is 2.71 bits per heavy atom. The predicted octanol–water partition coefficient (Wildman–Crippen LogP) is 3.43. The average molecular weight is 253 g/mol. The molecule has 14 heavy (non-hydrogen) atoms. The minimum absolute atomic E-state index is 0.151. The van der Waals surface area contributed by atoms with Crippen LogP contribution in [0.1, 0.15) is 18.0 Å². The van der Waals surface area contributed by atoms with E-state index in [9.17, 15) is 0 Å². The van der Waals surface area contributed by atoms with Crippen LogP contribution in [0.4, 0.5) is 0 Å². The second-order valence-corrected chi connectivity index (χ2v) is 4.33. The summed E-state index contributed by atoms with van der Waals surface area (Å²) in [6.07, 6.45) is 0.726. The molecule has 1 aliphatic heterocycles. The molecule has 0 fully saturated rings. The van der Waals surface area contributed by atoms with Crippen LogP contribution in [0, 0.1) is 0 Å². The van der Waals surface area contributed by atoms with Gasteiger partial charge in [-0.3, -0.25) is 0 Å². The first-order valence-corrected chi connectivity index (χ1v) is 5.30. The van der Waals surface area contributed by atoms with Crippen molar-refractivity contribution in [1.29, 1.82) is 0 Å². The molecular weight excluding hydrogens is 244 g/mol. The number of nitrogens with two attached hydrogens (primary N) is 1. The zero-order chi connectivity index (χ0) is 10.3. The fraction of sp³-hybridized carbons (Fsp3) is 0.333. The van der Waals surface area contributed by atoms with Crippen molar-refractivity contribution in [2.75, 3.05) is 6.61 Å². The standard InChI is InChI=1S/C9H8Cl3NO/c10-4-3-5(11)9-7(8(4)12)6(13)1-2-14-9/h3,6H,1-2,13H2/t6-/m1/s1. The molecule has 0 aromatic heterocycles. The molecule has 1 aromatic rings. The molecule has 76 valence electrons. The van der Waals surface area contributed by atoms with E-state index >= 15 is 0 Å². The largest absolute Gasteiger partial charge is 0.492 e. The Morgan fingerprint density at radius 1 is 1.29 bits per heavy atom. The number of halogens is 3. The summed E-state index contributed by atoms with van der Waals surface area (Å²) in [5, 5.41) is 1.32. The summed E-state index contributed by atoms with van der Waals surface area (Å²) >= 11 is 17.9. The highest BCUT2D eigenvalue weighted by Gasteiger charge is 2.25. The number of benzene rings is 1. The maximum Gasteiger partial charge on any atom is 0.144 e. The van der Waals surface area contributed by atoms with Crippen molar-refractivity contribution in [2.45, 2.75) is 12.5 Å². The van der Waals surface area contributed by atoms with Crippen molar-refractivity contribution in [2.24, 2.45) is 5.73 Å². The molecule has 1 heterocycles. The van der Waals surface area contributed by atoms with Crippen LogP contribution in [0.3, 0.4) is 0 Å². The molecule has 0 spiro atoms. The van der Waals surface area contributed by atoms with Crippen LogP contribution < -0.4 is 10.5 Å². The molecule has 2 nitrogen and oxygen atoms in total. The van der Waals surface area contributed by atoms with Gasteiger partial charge in [-0.25, -0.2) is 0 Å². The van der Waals surface area contributed by atoms with Gasteiger partial charge in [0.15, 0.2) is 0 Å². The quantitative estimate of drug-likeness (QED) is 0.718. The Kier molecular flexibility index (Phi) is 2.80. The van der Waals surface area contributed by atoms with Gasteiger partial charge in [-0.2, -0.15) is 0 Å². The molecular formula is C9H8Cl3NO. The summed E-state index contributed by atoms with van der Waals surface area (Å²) in [6.45, 7) is 0.561. The topological polar surface area (TPSA) is 35.2 Å². The summed E-state index contributed by atoms with van der Waals surface area (Å²) in [5.74, 6) is 0.569. The first-order valence-electron chi connectivity index (χ1n) is 4.17. The van der Waals surface area contributed by atoms with Gasteiger partial charge >= 0.3 is 0 Å². The maximum absolute atomic E-state index is 6.03. The third kappa shape index (κ3) is 1.57. The lowest BCUT2D eigenvalue weighted by molar-refractivity contribution is 0.269. The Labute approximate surface area is 96.9 Å². The van der Waals surface area contributed by atoms with E-state index < -0.39 is 0 Å². The van der Waals surface area contributed by atoms with Crippen LogP contribution >= 0.6 is 34.8 Å². The average Bonchev–Trinajstić information content (AvgIpc) is 2.14. The van der Waals surface area contributed by atoms with E-state index in [-0.39, 0.29) is 6.04 Å². The molecule has 0 aliphatic carbocycles. The third-order valence-electron chi connectivity index (χ3n) is 2.21. The van der Waals surface area contributed by atoms with Crippen LogP contribution in [0.15, 0.2) is 6.07 Å². The van der Waals surface area contributed by atoms with Gasteiger partial charge in [0.05, 0.1) is 21.7 Å². The van der Waals surface area contributed by atoms with Crippen molar-refractivity contribution in [3.63, 3.8) is 0 Å². The van der Waals surface area contributed by atoms with Gasteiger partial charge in [0.2, 0.25) is 0 Å². The minimum atomic E-state index is -0.151. The van der Waals surface area contributed by atoms with Crippen LogP contribution in [-0.4, -0.2) is 6.61 Å². The van der Waals surface area contributed by atoms with Gasteiger partial charge in [0.1, 0.15) is 5.75 Å². The molecule has 2 N–H and O–H groups in total. The van der Waals surface area contributed by atoms with Gasteiger partial charge in [-0.05, 0) is 6.07 Å². The molecule has 0 unspecified atom stereocenters. The van der Waals surface area contributed by atoms with E-state index in [0.29, 0.717) is 27.4 Å². The number of rotatable bonds is 0. The Balaban J connectivity index is 2.67. The normalized spacial score (nSPS) is 20.1. The maximum atomic E-state index is 6.03. The highest BCUT2D eigenvalue weighted by atomic mass is 35.5. The Bertz CT molecular complexity index is 381. The van der Waals surface area contributed by atoms with Crippen LogP contribution in [0.25, 0.3) is 0 Å². The van der Waals surface area contributed by atoms with Crippen molar-refractivity contribution >= 4 is 34.8 Å². The molecule has 0 radical (unpaired) electrons. The lowest BCUT2D eigenvalue weighted by Gasteiger charge is -2.25. The SMILES string of the molecule is N[C@@H]1CCOc2c(Cl)cc(Cl)c(Cl)c21. The summed E-state index contributed by atoms with van der Waals surface area (Å²) in [6, 6.07) is 1.42. The third-order valence-corrected chi connectivity index (χ3v) is 3.29. The molecule has 1 atom stereocenters. The number of hydrogen-bond acceptors (Lipinski definition) is 2. The molecule has 1 aliphatic rings.